The Kier molecular flexibility index (Phi) is 3.77. The molecule has 5 heteroatoms. The summed E-state index contributed by atoms with van der Waals surface area (Å²) < 4.78 is 1.89. The minimum absolute atomic E-state index is 0.516. The van der Waals surface area contributed by atoms with E-state index < -0.39 is 0 Å². The summed E-state index contributed by atoms with van der Waals surface area (Å²) in [5.74, 6) is 0.554. The average Bonchev–Trinajstić information content (AvgIpc) is 2.33. The van der Waals surface area contributed by atoms with Gasteiger partial charge in [0.2, 0.25) is 0 Å². The normalized spacial score (nSPS) is 9.71. The zero-order chi connectivity index (χ0) is 12.3. The van der Waals surface area contributed by atoms with Crippen LogP contribution in [-0.2, 0) is 0 Å². The number of halogens is 2. The van der Waals surface area contributed by atoms with Crippen molar-refractivity contribution in [1.29, 1.82) is 5.26 Å². The molecular weight excluding hydrogens is 346 g/mol. The zero-order valence-corrected chi connectivity index (χ0v) is 11.8. The van der Waals surface area contributed by atoms with Gasteiger partial charge >= 0.3 is 0 Å². The van der Waals surface area contributed by atoms with E-state index >= 15 is 0 Å². The largest absolute Gasteiger partial charge is 0.338 e. The monoisotopic (exact) mass is 351 g/mol. The van der Waals surface area contributed by atoms with Crippen LogP contribution < -0.4 is 5.32 Å². The number of anilines is 2. The fourth-order valence-corrected chi connectivity index (χ4v) is 2.46. The van der Waals surface area contributed by atoms with E-state index in [-0.39, 0.29) is 0 Å². The summed E-state index contributed by atoms with van der Waals surface area (Å²) in [4.78, 5) is 4.14. The maximum absolute atomic E-state index is 8.96. The first kappa shape index (κ1) is 12.1. The van der Waals surface area contributed by atoms with Crippen molar-refractivity contribution in [3.63, 3.8) is 0 Å². The summed E-state index contributed by atoms with van der Waals surface area (Å²) in [7, 11) is 0. The van der Waals surface area contributed by atoms with Crippen LogP contribution in [0.25, 0.3) is 0 Å². The number of hydrogen-bond acceptors (Lipinski definition) is 3. The van der Waals surface area contributed by atoms with Gasteiger partial charge in [0.1, 0.15) is 11.9 Å². The highest BCUT2D eigenvalue weighted by molar-refractivity contribution is 9.11. The molecule has 0 radical (unpaired) electrons. The molecule has 0 spiro atoms. The van der Waals surface area contributed by atoms with Crippen molar-refractivity contribution in [3.05, 3.63) is 51.0 Å². The van der Waals surface area contributed by atoms with Crippen molar-refractivity contribution < 1.29 is 0 Å². The topological polar surface area (TPSA) is 48.7 Å². The van der Waals surface area contributed by atoms with Crippen molar-refractivity contribution in [1.82, 2.24) is 4.98 Å². The van der Waals surface area contributed by atoms with Gasteiger partial charge in [0, 0.05) is 15.1 Å². The molecule has 84 valence electrons. The van der Waals surface area contributed by atoms with E-state index in [0.29, 0.717) is 11.4 Å². The second kappa shape index (κ2) is 5.30. The van der Waals surface area contributed by atoms with E-state index in [9.17, 15) is 0 Å². The molecule has 1 N–H and O–H groups in total. The van der Waals surface area contributed by atoms with E-state index in [1.165, 1.54) is 0 Å². The number of aromatic nitrogens is 1. The van der Waals surface area contributed by atoms with E-state index in [2.05, 4.69) is 48.2 Å². The Hall–Kier alpha value is -1.38. The lowest BCUT2D eigenvalue weighted by molar-refractivity contribution is 1.28. The molecule has 0 aliphatic rings. The molecule has 0 atom stereocenters. The number of hydrogen-bond donors (Lipinski definition) is 1. The second-order valence-corrected chi connectivity index (χ2v) is 5.03. The third kappa shape index (κ3) is 2.84. The summed E-state index contributed by atoms with van der Waals surface area (Å²) >= 11 is 6.83. The zero-order valence-electron chi connectivity index (χ0n) is 8.61. The first-order valence-electron chi connectivity index (χ1n) is 4.78. The highest BCUT2D eigenvalue weighted by Gasteiger charge is 2.05. The molecule has 1 aromatic carbocycles. The third-order valence-corrected chi connectivity index (χ3v) is 3.26. The molecule has 0 unspecified atom stereocenters. The third-order valence-electron chi connectivity index (χ3n) is 2.11. The Bertz CT molecular complexity index is 591. The molecule has 3 nitrogen and oxygen atoms in total. The van der Waals surface area contributed by atoms with Crippen LogP contribution in [0.4, 0.5) is 11.5 Å². The molecule has 0 aliphatic carbocycles. The van der Waals surface area contributed by atoms with E-state index in [1.807, 2.05) is 18.2 Å². The average molecular weight is 353 g/mol. The first-order valence-corrected chi connectivity index (χ1v) is 6.36. The van der Waals surface area contributed by atoms with Crippen LogP contribution in [0.3, 0.4) is 0 Å². The Morgan fingerprint density at radius 3 is 2.76 bits per heavy atom. The van der Waals surface area contributed by atoms with Crippen molar-refractivity contribution in [3.8, 4) is 6.07 Å². The van der Waals surface area contributed by atoms with Crippen molar-refractivity contribution in [2.24, 2.45) is 0 Å². The highest BCUT2D eigenvalue weighted by Crippen LogP contribution is 2.28. The summed E-state index contributed by atoms with van der Waals surface area (Å²) in [6.07, 6.45) is 1.65. The molecule has 1 heterocycles. The molecule has 0 aliphatic heterocycles. The molecular formula is C12H7Br2N3. The van der Waals surface area contributed by atoms with Crippen LogP contribution in [0, 0.1) is 11.3 Å². The standard InChI is InChI=1S/C12H7Br2N3/c13-9-3-4-11(10(14)6-9)17-12-8(7-15)2-1-5-16-12/h1-6H,(H,16,17). The smallest absolute Gasteiger partial charge is 0.148 e. The van der Waals surface area contributed by atoms with Gasteiger partial charge < -0.3 is 5.32 Å². The Balaban J connectivity index is 2.35. The predicted octanol–water partition coefficient (Wildman–Crippen LogP) is 4.22. The van der Waals surface area contributed by atoms with Crippen LogP contribution in [0.15, 0.2) is 45.5 Å². The van der Waals surface area contributed by atoms with E-state index in [1.54, 1.807) is 18.3 Å². The fourth-order valence-electron chi connectivity index (χ4n) is 1.31. The number of nitrogens with one attached hydrogen (secondary N) is 1. The number of nitriles is 1. The van der Waals surface area contributed by atoms with Crippen molar-refractivity contribution in [2.45, 2.75) is 0 Å². The molecule has 2 aromatic rings. The molecule has 17 heavy (non-hydrogen) atoms. The van der Waals surface area contributed by atoms with Gasteiger partial charge in [-0.1, -0.05) is 15.9 Å². The van der Waals surface area contributed by atoms with Gasteiger partial charge in [0.05, 0.1) is 11.3 Å². The van der Waals surface area contributed by atoms with Crippen LogP contribution in [-0.4, -0.2) is 4.98 Å². The number of rotatable bonds is 2. The van der Waals surface area contributed by atoms with Gasteiger partial charge in [-0.25, -0.2) is 4.98 Å². The van der Waals surface area contributed by atoms with Crippen LogP contribution >= 0.6 is 31.9 Å². The van der Waals surface area contributed by atoms with Gasteiger partial charge in [0.15, 0.2) is 0 Å². The Morgan fingerprint density at radius 2 is 2.06 bits per heavy atom. The van der Waals surface area contributed by atoms with E-state index in [4.69, 9.17) is 5.26 Å². The van der Waals surface area contributed by atoms with Gasteiger partial charge in [-0.15, -0.1) is 0 Å². The summed E-state index contributed by atoms with van der Waals surface area (Å²) in [6, 6.07) is 11.3. The molecule has 0 saturated carbocycles. The summed E-state index contributed by atoms with van der Waals surface area (Å²) in [5, 5.41) is 12.1. The minimum Gasteiger partial charge on any atom is -0.338 e. The number of pyridine rings is 1. The SMILES string of the molecule is N#Cc1cccnc1Nc1ccc(Br)cc1Br. The van der Waals surface area contributed by atoms with Crippen LogP contribution in [0.2, 0.25) is 0 Å². The lowest BCUT2D eigenvalue weighted by Gasteiger charge is -2.08. The predicted molar refractivity (Wildman–Crippen MR) is 74.1 cm³/mol. The highest BCUT2D eigenvalue weighted by atomic mass is 79.9. The quantitative estimate of drug-likeness (QED) is 0.880. The first-order chi connectivity index (χ1) is 8.20. The lowest BCUT2D eigenvalue weighted by Crippen LogP contribution is -1.96. The summed E-state index contributed by atoms with van der Waals surface area (Å²) in [6.45, 7) is 0. The fraction of sp³-hybridized carbons (Fsp3) is 0. The van der Waals surface area contributed by atoms with Gasteiger partial charge in [-0.2, -0.15) is 5.26 Å². The van der Waals surface area contributed by atoms with Crippen molar-refractivity contribution in [2.75, 3.05) is 5.32 Å². The maximum Gasteiger partial charge on any atom is 0.148 e. The lowest BCUT2D eigenvalue weighted by atomic mass is 10.2. The molecule has 0 fully saturated rings. The maximum atomic E-state index is 8.96. The molecule has 0 bridgehead atoms. The molecule has 2 rings (SSSR count). The van der Waals surface area contributed by atoms with Crippen molar-refractivity contribution >= 4 is 43.4 Å². The van der Waals surface area contributed by atoms with Gasteiger partial charge in [0.25, 0.3) is 0 Å². The van der Waals surface area contributed by atoms with Gasteiger partial charge in [-0.3, -0.25) is 0 Å². The van der Waals surface area contributed by atoms with Crippen LogP contribution in [0.5, 0.6) is 0 Å². The van der Waals surface area contributed by atoms with E-state index in [0.717, 1.165) is 14.6 Å². The molecule has 0 amide bonds. The Morgan fingerprint density at radius 1 is 1.24 bits per heavy atom. The molecule has 1 aromatic heterocycles. The van der Waals surface area contributed by atoms with Gasteiger partial charge in [-0.05, 0) is 46.3 Å². The Labute approximate surface area is 116 Å². The minimum atomic E-state index is 0.516. The summed E-state index contributed by atoms with van der Waals surface area (Å²) in [5.41, 5.74) is 1.38. The van der Waals surface area contributed by atoms with Crippen LogP contribution in [0.1, 0.15) is 5.56 Å². The molecule has 0 saturated heterocycles. The number of nitrogens with zero attached hydrogens (tertiary/aromatic N) is 2. The number of benzene rings is 1. The second-order valence-electron chi connectivity index (χ2n) is 3.26.